The van der Waals surface area contributed by atoms with Gasteiger partial charge in [0.1, 0.15) is 5.82 Å². The molecule has 0 saturated carbocycles. The third-order valence-electron chi connectivity index (χ3n) is 5.83. The molecular formula is C23H31N5O. The summed E-state index contributed by atoms with van der Waals surface area (Å²) in [7, 11) is 0. The van der Waals surface area contributed by atoms with Gasteiger partial charge < -0.3 is 15.3 Å². The minimum atomic E-state index is 0.00806. The van der Waals surface area contributed by atoms with Crippen molar-refractivity contribution in [2.75, 3.05) is 19.6 Å². The Morgan fingerprint density at radius 3 is 3.14 bits per heavy atom. The quantitative estimate of drug-likeness (QED) is 0.544. The molecule has 0 aliphatic carbocycles. The van der Waals surface area contributed by atoms with E-state index in [1.54, 1.807) is 0 Å². The largest absolute Gasteiger partial charge is 0.360 e. The molecule has 154 valence electrons. The van der Waals surface area contributed by atoms with Gasteiger partial charge in [-0.15, -0.1) is 0 Å². The zero-order valence-electron chi connectivity index (χ0n) is 17.2. The summed E-state index contributed by atoms with van der Waals surface area (Å²) in [5.74, 6) is 1.59. The Morgan fingerprint density at radius 1 is 1.34 bits per heavy atom. The molecular weight excluding hydrogens is 362 g/mol. The van der Waals surface area contributed by atoms with E-state index in [0.717, 1.165) is 61.3 Å². The molecule has 6 heteroatoms. The van der Waals surface area contributed by atoms with Gasteiger partial charge in [-0.25, -0.2) is 4.98 Å². The SMILES string of the molecule is CCCCc1ncc(CN2CCCC(CNC(=O)c3c[nH]c4ccccc34)C2)[nH]1. The maximum Gasteiger partial charge on any atom is 0.253 e. The van der Waals surface area contributed by atoms with Gasteiger partial charge in [-0.3, -0.25) is 9.69 Å². The summed E-state index contributed by atoms with van der Waals surface area (Å²) in [6.45, 7) is 5.95. The number of piperidine rings is 1. The molecule has 4 rings (SSSR count). The predicted octanol–water partition coefficient (Wildman–Crippen LogP) is 3.88. The third kappa shape index (κ3) is 4.88. The van der Waals surface area contributed by atoms with E-state index in [-0.39, 0.29) is 5.91 Å². The van der Waals surface area contributed by atoms with Crippen molar-refractivity contribution < 1.29 is 4.79 Å². The summed E-state index contributed by atoms with van der Waals surface area (Å²) in [4.78, 5) is 26.3. The standard InChI is InChI=1S/C23H31N5O/c1-2-3-10-22-25-13-18(27-22)16-28-11-6-7-17(15-28)12-26-23(29)20-14-24-21-9-5-4-8-19(20)21/h4-5,8-9,13-14,17,24H,2-3,6-7,10-12,15-16H2,1H3,(H,25,27)(H,26,29). The van der Waals surface area contributed by atoms with Crippen molar-refractivity contribution in [2.45, 2.75) is 45.6 Å². The number of aromatic nitrogens is 3. The molecule has 3 aromatic rings. The fourth-order valence-corrected chi connectivity index (χ4v) is 4.25. The number of fused-ring (bicyclic) bond motifs is 1. The molecule has 2 aromatic heterocycles. The molecule has 6 nitrogen and oxygen atoms in total. The number of aromatic amines is 2. The minimum absolute atomic E-state index is 0.00806. The molecule has 1 aliphatic heterocycles. The van der Waals surface area contributed by atoms with Gasteiger partial charge in [0.05, 0.1) is 5.56 Å². The van der Waals surface area contributed by atoms with Crippen LogP contribution in [0.1, 0.15) is 54.5 Å². The number of carbonyl (C=O) groups is 1. The highest BCUT2D eigenvalue weighted by Crippen LogP contribution is 2.20. The lowest BCUT2D eigenvalue weighted by Crippen LogP contribution is -2.40. The number of rotatable bonds is 8. The van der Waals surface area contributed by atoms with Crippen LogP contribution < -0.4 is 5.32 Å². The monoisotopic (exact) mass is 393 g/mol. The van der Waals surface area contributed by atoms with Crippen LogP contribution in [-0.4, -0.2) is 45.4 Å². The number of aryl methyl sites for hydroxylation is 1. The number of hydrogen-bond acceptors (Lipinski definition) is 3. The van der Waals surface area contributed by atoms with Gasteiger partial charge >= 0.3 is 0 Å². The van der Waals surface area contributed by atoms with E-state index >= 15 is 0 Å². The van der Waals surface area contributed by atoms with Gasteiger partial charge in [0.25, 0.3) is 5.91 Å². The van der Waals surface area contributed by atoms with E-state index in [4.69, 9.17) is 0 Å². The zero-order chi connectivity index (χ0) is 20.1. The van der Waals surface area contributed by atoms with Gasteiger partial charge in [0.15, 0.2) is 0 Å². The van der Waals surface area contributed by atoms with Crippen LogP contribution in [0.15, 0.2) is 36.7 Å². The first kappa shape index (κ1) is 19.7. The second-order valence-corrected chi connectivity index (χ2v) is 8.16. The second-order valence-electron chi connectivity index (χ2n) is 8.16. The number of H-pyrrole nitrogens is 2. The van der Waals surface area contributed by atoms with Crippen LogP contribution >= 0.6 is 0 Å². The molecule has 1 unspecified atom stereocenters. The van der Waals surface area contributed by atoms with Gasteiger partial charge in [0.2, 0.25) is 0 Å². The fourth-order valence-electron chi connectivity index (χ4n) is 4.25. The highest BCUT2D eigenvalue weighted by molar-refractivity contribution is 6.06. The molecule has 1 saturated heterocycles. The molecule has 1 aromatic carbocycles. The molecule has 0 spiro atoms. The molecule has 1 aliphatic rings. The van der Waals surface area contributed by atoms with Crippen molar-refractivity contribution >= 4 is 16.8 Å². The maximum atomic E-state index is 12.7. The number of amides is 1. The van der Waals surface area contributed by atoms with Crippen LogP contribution in [0.4, 0.5) is 0 Å². The van der Waals surface area contributed by atoms with Crippen molar-refractivity contribution in [1.29, 1.82) is 0 Å². The third-order valence-corrected chi connectivity index (χ3v) is 5.83. The molecule has 1 amide bonds. The van der Waals surface area contributed by atoms with Crippen LogP contribution in [0.2, 0.25) is 0 Å². The Balaban J connectivity index is 1.28. The van der Waals surface area contributed by atoms with Gasteiger partial charge in [0, 0.05) is 55.0 Å². The molecule has 0 bridgehead atoms. The average Bonchev–Trinajstić information content (AvgIpc) is 3.37. The van der Waals surface area contributed by atoms with E-state index in [2.05, 4.69) is 32.1 Å². The highest BCUT2D eigenvalue weighted by atomic mass is 16.1. The number of benzene rings is 1. The Morgan fingerprint density at radius 2 is 2.24 bits per heavy atom. The van der Waals surface area contributed by atoms with Crippen molar-refractivity contribution in [2.24, 2.45) is 5.92 Å². The van der Waals surface area contributed by atoms with Crippen LogP contribution in [-0.2, 0) is 13.0 Å². The molecule has 3 heterocycles. The number of carbonyl (C=O) groups excluding carboxylic acids is 1. The van der Waals surface area contributed by atoms with Gasteiger partial charge in [-0.1, -0.05) is 31.5 Å². The van der Waals surface area contributed by atoms with Crippen molar-refractivity contribution in [3.05, 3.63) is 53.7 Å². The number of unbranched alkanes of at least 4 members (excludes halogenated alkanes) is 1. The topological polar surface area (TPSA) is 76.8 Å². The van der Waals surface area contributed by atoms with Crippen molar-refractivity contribution in [1.82, 2.24) is 25.2 Å². The smallest absolute Gasteiger partial charge is 0.253 e. The van der Waals surface area contributed by atoms with Crippen molar-refractivity contribution in [3.8, 4) is 0 Å². The summed E-state index contributed by atoms with van der Waals surface area (Å²) in [5.41, 5.74) is 2.92. The Hall–Kier alpha value is -2.60. The Kier molecular flexibility index (Phi) is 6.30. The van der Waals surface area contributed by atoms with Gasteiger partial charge in [-0.2, -0.15) is 0 Å². The molecule has 1 atom stereocenters. The Labute approximate surface area is 172 Å². The zero-order valence-corrected chi connectivity index (χ0v) is 17.2. The molecule has 0 radical (unpaired) electrons. The molecule has 3 N–H and O–H groups in total. The summed E-state index contributed by atoms with van der Waals surface area (Å²) < 4.78 is 0. The number of imidazole rings is 1. The Bertz CT molecular complexity index is 944. The first-order valence-electron chi connectivity index (χ1n) is 10.8. The number of likely N-dealkylation sites (tertiary alicyclic amines) is 1. The summed E-state index contributed by atoms with van der Waals surface area (Å²) in [5, 5.41) is 4.13. The van der Waals surface area contributed by atoms with Crippen LogP contribution in [0.5, 0.6) is 0 Å². The first-order valence-corrected chi connectivity index (χ1v) is 10.8. The molecule has 29 heavy (non-hydrogen) atoms. The summed E-state index contributed by atoms with van der Waals surface area (Å²) in [6.07, 6.45) is 9.51. The number of hydrogen-bond donors (Lipinski definition) is 3. The van der Waals surface area contributed by atoms with Crippen LogP contribution in [0.3, 0.4) is 0 Å². The van der Waals surface area contributed by atoms with Crippen LogP contribution in [0, 0.1) is 5.92 Å². The van der Waals surface area contributed by atoms with Gasteiger partial charge in [-0.05, 0) is 37.8 Å². The van der Waals surface area contributed by atoms with E-state index in [1.165, 1.54) is 25.0 Å². The average molecular weight is 394 g/mol. The van der Waals surface area contributed by atoms with E-state index in [0.29, 0.717) is 5.92 Å². The normalized spacial score (nSPS) is 17.6. The lowest BCUT2D eigenvalue weighted by Gasteiger charge is -2.32. The number of nitrogens with one attached hydrogen (secondary N) is 3. The van der Waals surface area contributed by atoms with E-state index in [1.807, 2.05) is 36.7 Å². The summed E-state index contributed by atoms with van der Waals surface area (Å²) >= 11 is 0. The highest BCUT2D eigenvalue weighted by Gasteiger charge is 2.22. The minimum Gasteiger partial charge on any atom is -0.360 e. The number of para-hydroxylation sites is 1. The lowest BCUT2D eigenvalue weighted by atomic mass is 9.97. The number of nitrogens with zero attached hydrogens (tertiary/aromatic N) is 2. The first-order chi connectivity index (χ1) is 14.2. The van der Waals surface area contributed by atoms with E-state index < -0.39 is 0 Å². The lowest BCUT2D eigenvalue weighted by molar-refractivity contribution is 0.0932. The fraction of sp³-hybridized carbons (Fsp3) is 0.478. The van der Waals surface area contributed by atoms with Crippen molar-refractivity contribution in [3.63, 3.8) is 0 Å². The van der Waals surface area contributed by atoms with E-state index in [9.17, 15) is 4.79 Å². The van der Waals surface area contributed by atoms with Crippen LogP contribution in [0.25, 0.3) is 10.9 Å². The predicted molar refractivity (Wildman–Crippen MR) is 116 cm³/mol. The maximum absolute atomic E-state index is 12.7. The molecule has 1 fully saturated rings. The second kappa shape index (κ2) is 9.27. The summed E-state index contributed by atoms with van der Waals surface area (Å²) in [6, 6.07) is 7.93.